The zero-order valence-corrected chi connectivity index (χ0v) is 10.3. The number of hydrogen-bond acceptors (Lipinski definition) is 3. The molecule has 0 aliphatic rings. The summed E-state index contributed by atoms with van der Waals surface area (Å²) in [6.07, 6.45) is 0. The number of benzene rings is 1. The summed E-state index contributed by atoms with van der Waals surface area (Å²) in [5.41, 5.74) is 0.0775. The number of carboxylic acid groups (broad SMARTS) is 1. The van der Waals surface area contributed by atoms with Gasteiger partial charge in [0.05, 0.1) is 5.02 Å². The normalized spacial score (nSPS) is 10.5. The molecule has 1 aromatic carbocycles. The molecular formula is C10H4Cl3NO3. The molecule has 0 aliphatic carbocycles. The Morgan fingerprint density at radius 2 is 2.00 bits per heavy atom. The Bertz CT molecular complexity index is 594. The van der Waals surface area contributed by atoms with E-state index < -0.39 is 5.97 Å². The SMILES string of the molecule is O=C(O)c1noc(-c2ccc(Cl)cc2Cl)c1Cl. The number of hydrogen-bond donors (Lipinski definition) is 1. The van der Waals surface area contributed by atoms with Gasteiger partial charge in [-0.1, -0.05) is 40.0 Å². The average molecular weight is 293 g/mol. The highest BCUT2D eigenvalue weighted by molar-refractivity contribution is 6.38. The van der Waals surface area contributed by atoms with Crippen LogP contribution in [0.25, 0.3) is 11.3 Å². The lowest BCUT2D eigenvalue weighted by atomic mass is 10.1. The molecule has 7 heteroatoms. The van der Waals surface area contributed by atoms with E-state index in [-0.39, 0.29) is 16.5 Å². The Morgan fingerprint density at radius 3 is 2.53 bits per heavy atom. The monoisotopic (exact) mass is 291 g/mol. The van der Waals surface area contributed by atoms with Crippen LogP contribution >= 0.6 is 34.8 Å². The van der Waals surface area contributed by atoms with Gasteiger partial charge in [-0.2, -0.15) is 0 Å². The first kappa shape index (κ1) is 12.2. The standard InChI is InChI=1S/C10H4Cl3NO3/c11-4-1-2-5(6(12)3-4)9-7(13)8(10(15)16)14-17-9/h1-3H,(H,15,16). The van der Waals surface area contributed by atoms with Gasteiger partial charge in [0.2, 0.25) is 5.69 Å². The van der Waals surface area contributed by atoms with Crippen molar-refractivity contribution in [1.29, 1.82) is 0 Å². The van der Waals surface area contributed by atoms with Gasteiger partial charge >= 0.3 is 5.97 Å². The van der Waals surface area contributed by atoms with Gasteiger partial charge in [0, 0.05) is 10.6 Å². The van der Waals surface area contributed by atoms with Crippen molar-refractivity contribution in [3.8, 4) is 11.3 Å². The van der Waals surface area contributed by atoms with Crippen molar-refractivity contribution < 1.29 is 14.4 Å². The molecule has 4 nitrogen and oxygen atoms in total. The van der Waals surface area contributed by atoms with Crippen LogP contribution in [0.15, 0.2) is 22.7 Å². The molecule has 0 radical (unpaired) electrons. The lowest BCUT2D eigenvalue weighted by Crippen LogP contribution is -1.96. The van der Waals surface area contributed by atoms with Crippen molar-refractivity contribution in [2.75, 3.05) is 0 Å². The lowest BCUT2D eigenvalue weighted by molar-refractivity contribution is 0.0686. The zero-order valence-electron chi connectivity index (χ0n) is 8.08. The minimum absolute atomic E-state index is 0.0956. The molecule has 1 N–H and O–H groups in total. The van der Waals surface area contributed by atoms with Crippen molar-refractivity contribution in [2.45, 2.75) is 0 Å². The molecule has 0 atom stereocenters. The number of aromatic nitrogens is 1. The fourth-order valence-electron chi connectivity index (χ4n) is 1.25. The van der Waals surface area contributed by atoms with E-state index in [1.54, 1.807) is 12.1 Å². The second kappa shape index (κ2) is 4.56. The molecule has 0 unspecified atom stereocenters. The van der Waals surface area contributed by atoms with E-state index >= 15 is 0 Å². The molecule has 17 heavy (non-hydrogen) atoms. The predicted octanol–water partition coefficient (Wildman–Crippen LogP) is 4.00. The van der Waals surface area contributed by atoms with Gasteiger partial charge in [-0.05, 0) is 18.2 Å². The quantitative estimate of drug-likeness (QED) is 0.908. The number of nitrogens with zero attached hydrogens (tertiary/aromatic N) is 1. The number of carbonyl (C=O) groups is 1. The first-order valence-corrected chi connectivity index (χ1v) is 5.48. The van der Waals surface area contributed by atoms with Crippen LogP contribution in [0.5, 0.6) is 0 Å². The zero-order chi connectivity index (χ0) is 12.6. The van der Waals surface area contributed by atoms with Crippen molar-refractivity contribution in [3.05, 3.63) is 39.0 Å². The maximum atomic E-state index is 10.7. The first-order valence-electron chi connectivity index (χ1n) is 4.34. The van der Waals surface area contributed by atoms with Crippen LogP contribution in [-0.2, 0) is 0 Å². The van der Waals surface area contributed by atoms with Gasteiger partial charge < -0.3 is 9.63 Å². The summed E-state index contributed by atoms with van der Waals surface area (Å²) in [5, 5.41) is 12.8. The van der Waals surface area contributed by atoms with E-state index in [0.717, 1.165) is 0 Å². The van der Waals surface area contributed by atoms with Gasteiger partial charge in [-0.3, -0.25) is 0 Å². The van der Waals surface area contributed by atoms with Crippen LogP contribution in [-0.4, -0.2) is 16.2 Å². The number of rotatable bonds is 2. The van der Waals surface area contributed by atoms with Gasteiger partial charge in [0.1, 0.15) is 5.02 Å². The highest BCUT2D eigenvalue weighted by atomic mass is 35.5. The maximum absolute atomic E-state index is 10.7. The minimum atomic E-state index is -1.27. The van der Waals surface area contributed by atoms with Crippen molar-refractivity contribution in [1.82, 2.24) is 5.16 Å². The summed E-state index contributed by atoms with van der Waals surface area (Å²) in [4.78, 5) is 10.7. The van der Waals surface area contributed by atoms with Crippen LogP contribution in [0.1, 0.15) is 10.5 Å². The van der Waals surface area contributed by atoms with Crippen LogP contribution < -0.4 is 0 Å². The molecule has 0 saturated carbocycles. The molecule has 0 saturated heterocycles. The summed E-state index contributed by atoms with van der Waals surface area (Å²) in [5.74, 6) is -1.17. The van der Waals surface area contributed by atoms with Crippen LogP contribution in [0.2, 0.25) is 15.1 Å². The molecule has 0 spiro atoms. The van der Waals surface area contributed by atoms with E-state index in [4.69, 9.17) is 44.4 Å². The first-order chi connectivity index (χ1) is 8.00. The summed E-state index contributed by atoms with van der Waals surface area (Å²) in [7, 11) is 0. The molecule has 88 valence electrons. The van der Waals surface area contributed by atoms with E-state index in [9.17, 15) is 4.79 Å². The van der Waals surface area contributed by atoms with E-state index in [1.165, 1.54) is 6.07 Å². The second-order valence-corrected chi connectivity index (χ2v) is 4.33. The molecule has 0 amide bonds. The number of aromatic carboxylic acids is 1. The smallest absolute Gasteiger partial charge is 0.359 e. The third kappa shape index (κ3) is 2.24. The average Bonchev–Trinajstić information content (AvgIpc) is 2.60. The molecule has 1 aromatic heterocycles. The molecule has 0 aliphatic heterocycles. The van der Waals surface area contributed by atoms with Gasteiger partial charge in [-0.25, -0.2) is 4.79 Å². The molecule has 2 aromatic rings. The predicted molar refractivity (Wildman–Crippen MR) is 63.9 cm³/mol. The number of carboxylic acids is 1. The van der Waals surface area contributed by atoms with Gasteiger partial charge in [0.25, 0.3) is 0 Å². The lowest BCUT2D eigenvalue weighted by Gasteiger charge is -2.00. The Hall–Kier alpha value is -1.23. The summed E-state index contributed by atoms with van der Waals surface area (Å²) in [6.45, 7) is 0. The van der Waals surface area contributed by atoms with Gasteiger partial charge in [-0.15, -0.1) is 0 Å². The van der Waals surface area contributed by atoms with Crippen LogP contribution in [0.3, 0.4) is 0 Å². The summed E-state index contributed by atoms with van der Waals surface area (Å²) < 4.78 is 4.87. The Morgan fingerprint density at radius 1 is 1.29 bits per heavy atom. The largest absolute Gasteiger partial charge is 0.476 e. The van der Waals surface area contributed by atoms with Crippen LogP contribution in [0.4, 0.5) is 0 Å². The van der Waals surface area contributed by atoms with E-state index in [0.29, 0.717) is 15.6 Å². The van der Waals surface area contributed by atoms with Crippen molar-refractivity contribution >= 4 is 40.8 Å². The minimum Gasteiger partial charge on any atom is -0.476 e. The molecule has 2 rings (SSSR count). The topological polar surface area (TPSA) is 63.3 Å². The fourth-order valence-corrected chi connectivity index (χ4v) is 2.00. The Labute approximate surface area is 111 Å². The van der Waals surface area contributed by atoms with Gasteiger partial charge in [0.15, 0.2) is 5.76 Å². The Balaban J connectivity index is 2.57. The van der Waals surface area contributed by atoms with Crippen molar-refractivity contribution in [2.24, 2.45) is 0 Å². The summed E-state index contributed by atoms with van der Waals surface area (Å²) in [6, 6.07) is 4.66. The highest BCUT2D eigenvalue weighted by Gasteiger charge is 2.22. The third-order valence-electron chi connectivity index (χ3n) is 2.01. The molecule has 0 fully saturated rings. The van der Waals surface area contributed by atoms with E-state index in [2.05, 4.69) is 5.16 Å². The van der Waals surface area contributed by atoms with Crippen molar-refractivity contribution in [3.63, 3.8) is 0 Å². The third-order valence-corrected chi connectivity index (χ3v) is 2.91. The fraction of sp³-hybridized carbons (Fsp3) is 0. The Kier molecular flexibility index (Phi) is 3.28. The van der Waals surface area contributed by atoms with E-state index in [1.807, 2.05) is 0 Å². The summed E-state index contributed by atoms with van der Waals surface area (Å²) >= 11 is 17.5. The molecular weight excluding hydrogens is 288 g/mol. The second-order valence-electron chi connectivity index (χ2n) is 3.10. The molecule has 1 heterocycles. The maximum Gasteiger partial charge on any atom is 0.359 e. The number of halogens is 3. The highest BCUT2D eigenvalue weighted by Crippen LogP contribution is 2.36. The molecule has 0 bridgehead atoms. The van der Waals surface area contributed by atoms with Crippen LogP contribution in [0, 0.1) is 0 Å².